The van der Waals surface area contributed by atoms with Gasteiger partial charge in [-0.05, 0) is 12.1 Å². The van der Waals surface area contributed by atoms with Crippen LogP contribution in [0.5, 0.6) is 5.75 Å². The lowest BCUT2D eigenvalue weighted by molar-refractivity contribution is -0.0367. The van der Waals surface area contributed by atoms with Gasteiger partial charge < -0.3 is 15.2 Å². The predicted octanol–water partition coefficient (Wildman–Crippen LogP) is 1.19. The second kappa shape index (κ2) is 3.55. The van der Waals surface area contributed by atoms with Gasteiger partial charge in [0.05, 0.1) is 0 Å². The lowest BCUT2D eigenvalue weighted by Crippen LogP contribution is -2.14. The first-order valence-corrected chi connectivity index (χ1v) is 4.46. The summed E-state index contributed by atoms with van der Waals surface area (Å²) in [6.07, 6.45) is 0.257. The Balaban J connectivity index is 2.41. The fraction of sp³-hybridized carbons (Fsp3) is 0.400. The first kappa shape index (κ1) is 9.43. The lowest BCUT2D eigenvalue weighted by Gasteiger charge is -2.06. The van der Waals surface area contributed by atoms with Gasteiger partial charge in [0.1, 0.15) is 11.6 Å². The van der Waals surface area contributed by atoms with Crippen molar-refractivity contribution in [1.82, 2.24) is 0 Å². The molecule has 1 aromatic rings. The van der Waals surface area contributed by atoms with Crippen LogP contribution in [0.3, 0.4) is 0 Å². The molecule has 14 heavy (non-hydrogen) atoms. The molecule has 4 heteroatoms. The van der Waals surface area contributed by atoms with Gasteiger partial charge in [-0.1, -0.05) is 0 Å². The van der Waals surface area contributed by atoms with Crippen LogP contribution in [0, 0.1) is 5.82 Å². The zero-order chi connectivity index (χ0) is 10.1. The lowest BCUT2D eigenvalue weighted by atomic mass is 10.0. The van der Waals surface area contributed by atoms with Crippen LogP contribution >= 0.6 is 0 Å². The molecule has 2 N–H and O–H groups in total. The average Bonchev–Trinajstić information content (AvgIpc) is 2.60. The van der Waals surface area contributed by atoms with E-state index >= 15 is 0 Å². The van der Waals surface area contributed by atoms with Crippen molar-refractivity contribution in [3.8, 4) is 5.75 Å². The van der Waals surface area contributed by atoms with Gasteiger partial charge in [-0.15, -0.1) is 0 Å². The molecule has 1 atom stereocenters. The Hall–Kier alpha value is -1.13. The Morgan fingerprint density at radius 2 is 2.43 bits per heavy atom. The van der Waals surface area contributed by atoms with Crippen molar-refractivity contribution in [2.24, 2.45) is 5.73 Å². The Labute approximate surface area is 81.6 Å². The average molecular weight is 197 g/mol. The number of hydrogen-bond donors (Lipinski definition) is 1. The first-order valence-electron chi connectivity index (χ1n) is 4.46. The smallest absolute Gasteiger partial charge is 0.203 e. The maximum Gasteiger partial charge on any atom is 0.203 e. The summed E-state index contributed by atoms with van der Waals surface area (Å²) in [5, 5.41) is 0. The molecular formula is C10H12FNO2. The van der Waals surface area contributed by atoms with E-state index in [-0.39, 0.29) is 18.7 Å². The molecule has 2 rings (SSSR count). The fourth-order valence-corrected chi connectivity index (χ4v) is 1.68. The van der Waals surface area contributed by atoms with E-state index in [4.69, 9.17) is 15.2 Å². The topological polar surface area (TPSA) is 44.5 Å². The van der Waals surface area contributed by atoms with Crippen molar-refractivity contribution in [1.29, 1.82) is 0 Å². The van der Waals surface area contributed by atoms with E-state index in [0.717, 1.165) is 5.56 Å². The minimum absolute atomic E-state index is 0.189. The third-order valence-electron chi connectivity index (χ3n) is 2.43. The van der Waals surface area contributed by atoms with E-state index in [9.17, 15) is 4.39 Å². The minimum atomic E-state index is -0.308. The SMILES string of the molecule is CO[C@H]1Cc2c(ccc(F)c2CN)O1. The number of halogens is 1. The molecule has 0 amide bonds. The van der Waals surface area contributed by atoms with Gasteiger partial charge in [-0.2, -0.15) is 0 Å². The fourth-order valence-electron chi connectivity index (χ4n) is 1.68. The van der Waals surface area contributed by atoms with Gasteiger partial charge >= 0.3 is 0 Å². The van der Waals surface area contributed by atoms with E-state index < -0.39 is 0 Å². The van der Waals surface area contributed by atoms with Crippen LogP contribution in [0.2, 0.25) is 0 Å². The molecule has 1 aliphatic heterocycles. The van der Waals surface area contributed by atoms with E-state index in [1.165, 1.54) is 6.07 Å². The van der Waals surface area contributed by atoms with Crippen LogP contribution in [0.15, 0.2) is 12.1 Å². The highest BCUT2D eigenvalue weighted by molar-refractivity contribution is 5.44. The summed E-state index contributed by atoms with van der Waals surface area (Å²) in [6, 6.07) is 2.99. The Kier molecular flexibility index (Phi) is 2.39. The highest BCUT2D eigenvalue weighted by Gasteiger charge is 2.26. The van der Waals surface area contributed by atoms with Gasteiger partial charge in [-0.25, -0.2) is 4.39 Å². The molecule has 0 aromatic heterocycles. The maximum absolute atomic E-state index is 13.3. The molecule has 0 saturated carbocycles. The standard InChI is InChI=1S/C10H12FNO2/c1-13-10-4-6-7(5-12)8(11)2-3-9(6)14-10/h2-3,10H,4-5,12H2,1H3/t10-/m1/s1. The summed E-state index contributed by atoms with van der Waals surface area (Å²) in [7, 11) is 1.56. The zero-order valence-electron chi connectivity index (χ0n) is 7.92. The number of rotatable bonds is 2. The van der Waals surface area contributed by atoms with Crippen LogP contribution in [-0.4, -0.2) is 13.4 Å². The van der Waals surface area contributed by atoms with Gasteiger partial charge in [0.2, 0.25) is 6.29 Å². The van der Waals surface area contributed by atoms with Crippen molar-refractivity contribution in [2.45, 2.75) is 19.3 Å². The highest BCUT2D eigenvalue weighted by Crippen LogP contribution is 2.32. The van der Waals surface area contributed by atoms with Crippen LogP contribution in [0.1, 0.15) is 11.1 Å². The third kappa shape index (κ3) is 1.36. The van der Waals surface area contributed by atoms with Crippen molar-refractivity contribution in [2.75, 3.05) is 7.11 Å². The molecular weight excluding hydrogens is 185 g/mol. The number of hydrogen-bond acceptors (Lipinski definition) is 3. The summed E-state index contributed by atoms with van der Waals surface area (Å²) >= 11 is 0. The summed E-state index contributed by atoms with van der Waals surface area (Å²) in [5.74, 6) is 0.408. The Bertz CT molecular complexity index is 354. The Morgan fingerprint density at radius 1 is 1.64 bits per heavy atom. The van der Waals surface area contributed by atoms with Crippen LogP contribution in [0.4, 0.5) is 4.39 Å². The molecule has 0 radical (unpaired) electrons. The van der Waals surface area contributed by atoms with Crippen LogP contribution < -0.4 is 10.5 Å². The molecule has 0 unspecified atom stereocenters. The van der Waals surface area contributed by atoms with E-state index in [0.29, 0.717) is 17.7 Å². The van der Waals surface area contributed by atoms with Crippen LogP contribution in [0.25, 0.3) is 0 Å². The van der Waals surface area contributed by atoms with Crippen LogP contribution in [-0.2, 0) is 17.7 Å². The van der Waals surface area contributed by atoms with Crippen molar-refractivity contribution >= 4 is 0 Å². The normalized spacial score (nSPS) is 19.2. The monoisotopic (exact) mass is 197 g/mol. The van der Waals surface area contributed by atoms with Crippen molar-refractivity contribution < 1.29 is 13.9 Å². The van der Waals surface area contributed by atoms with Gasteiger partial charge in [0.15, 0.2) is 0 Å². The van der Waals surface area contributed by atoms with Crippen molar-refractivity contribution in [3.05, 3.63) is 29.1 Å². The number of ether oxygens (including phenoxy) is 2. The molecule has 0 spiro atoms. The number of methoxy groups -OCH3 is 1. The summed E-state index contributed by atoms with van der Waals surface area (Å²) in [4.78, 5) is 0. The maximum atomic E-state index is 13.3. The molecule has 3 nitrogen and oxygen atoms in total. The first-order chi connectivity index (χ1) is 6.76. The predicted molar refractivity (Wildman–Crippen MR) is 49.4 cm³/mol. The minimum Gasteiger partial charge on any atom is -0.464 e. The Morgan fingerprint density at radius 3 is 3.07 bits per heavy atom. The van der Waals surface area contributed by atoms with E-state index in [1.807, 2.05) is 0 Å². The largest absolute Gasteiger partial charge is 0.464 e. The second-order valence-electron chi connectivity index (χ2n) is 3.19. The van der Waals surface area contributed by atoms with E-state index in [2.05, 4.69) is 0 Å². The van der Waals surface area contributed by atoms with E-state index in [1.54, 1.807) is 13.2 Å². The molecule has 0 bridgehead atoms. The molecule has 1 aliphatic rings. The molecule has 0 saturated heterocycles. The third-order valence-corrected chi connectivity index (χ3v) is 2.43. The highest BCUT2D eigenvalue weighted by atomic mass is 19.1. The number of fused-ring (bicyclic) bond motifs is 1. The summed E-state index contributed by atoms with van der Waals surface area (Å²) in [5.41, 5.74) is 6.84. The quantitative estimate of drug-likeness (QED) is 0.774. The molecule has 1 aromatic carbocycles. The molecule has 1 heterocycles. The second-order valence-corrected chi connectivity index (χ2v) is 3.19. The van der Waals surface area contributed by atoms with Gasteiger partial charge in [0.25, 0.3) is 0 Å². The zero-order valence-corrected chi connectivity index (χ0v) is 7.92. The number of nitrogens with two attached hydrogens (primary N) is 1. The van der Waals surface area contributed by atoms with Gasteiger partial charge in [0, 0.05) is 31.2 Å². The number of benzene rings is 1. The summed E-state index contributed by atoms with van der Waals surface area (Å²) in [6.45, 7) is 0.189. The van der Waals surface area contributed by atoms with Gasteiger partial charge in [-0.3, -0.25) is 0 Å². The summed E-state index contributed by atoms with van der Waals surface area (Å²) < 4.78 is 23.8. The molecule has 0 fully saturated rings. The molecule has 76 valence electrons. The van der Waals surface area contributed by atoms with Crippen molar-refractivity contribution in [3.63, 3.8) is 0 Å². The molecule has 0 aliphatic carbocycles.